The number of halogens is 1. The summed E-state index contributed by atoms with van der Waals surface area (Å²) in [6.07, 6.45) is 2.76. The van der Waals surface area contributed by atoms with Crippen LogP contribution >= 0.6 is 11.6 Å². The first-order chi connectivity index (χ1) is 8.28. The van der Waals surface area contributed by atoms with Gasteiger partial charge >= 0.3 is 0 Å². The number of hydrogen-bond donors (Lipinski definition) is 0. The molecule has 0 radical (unpaired) electrons. The number of likely N-dealkylation sites (tertiary alicyclic amines) is 1. The summed E-state index contributed by atoms with van der Waals surface area (Å²) in [6.45, 7) is 5.84. The van der Waals surface area contributed by atoms with Gasteiger partial charge in [0.1, 0.15) is 5.15 Å². The van der Waals surface area contributed by atoms with Gasteiger partial charge in [0, 0.05) is 19.7 Å². The molecule has 0 aliphatic carbocycles. The summed E-state index contributed by atoms with van der Waals surface area (Å²) in [4.78, 5) is 6.71. The Bertz CT molecular complexity index is 357. The highest BCUT2D eigenvalue weighted by Gasteiger charge is 2.20. The Labute approximate surface area is 108 Å². The largest absolute Gasteiger partial charge is 0.377 e. The number of aromatic nitrogens is 1. The van der Waals surface area contributed by atoms with Crippen LogP contribution in [0, 0.1) is 0 Å². The Hall–Kier alpha value is -0.640. The van der Waals surface area contributed by atoms with Gasteiger partial charge in [0.05, 0.1) is 11.8 Å². The minimum Gasteiger partial charge on any atom is -0.377 e. The molecule has 3 nitrogen and oxygen atoms in total. The fourth-order valence-electron chi connectivity index (χ4n) is 2.30. The molecule has 1 fully saturated rings. The number of nitrogens with zero attached hydrogens (tertiary/aromatic N) is 2. The van der Waals surface area contributed by atoms with Crippen molar-refractivity contribution in [2.75, 3.05) is 19.7 Å². The summed E-state index contributed by atoms with van der Waals surface area (Å²) in [5.74, 6) is 0. The number of pyridine rings is 1. The van der Waals surface area contributed by atoms with Crippen LogP contribution in [0.2, 0.25) is 5.15 Å². The number of ether oxygens (including phenoxy) is 1. The van der Waals surface area contributed by atoms with E-state index in [4.69, 9.17) is 16.3 Å². The summed E-state index contributed by atoms with van der Waals surface area (Å²) in [7, 11) is 0. The highest BCUT2D eigenvalue weighted by Crippen LogP contribution is 2.16. The van der Waals surface area contributed by atoms with Gasteiger partial charge in [0.2, 0.25) is 0 Å². The van der Waals surface area contributed by atoms with Gasteiger partial charge in [-0.3, -0.25) is 4.90 Å². The zero-order valence-corrected chi connectivity index (χ0v) is 11.0. The van der Waals surface area contributed by atoms with E-state index in [1.165, 1.54) is 12.8 Å². The van der Waals surface area contributed by atoms with Crippen LogP contribution in [-0.2, 0) is 11.3 Å². The molecule has 0 bridgehead atoms. The summed E-state index contributed by atoms with van der Waals surface area (Å²) in [5.41, 5.74) is 1.04. The Morgan fingerprint density at radius 2 is 2.41 bits per heavy atom. The maximum atomic E-state index is 5.89. The SMILES string of the molecule is CCOC1CCCN(Cc2cccc(Cl)n2)C1. The molecule has 0 amide bonds. The minimum absolute atomic E-state index is 0.382. The van der Waals surface area contributed by atoms with Crippen molar-refractivity contribution in [1.82, 2.24) is 9.88 Å². The van der Waals surface area contributed by atoms with Gasteiger partial charge in [-0.15, -0.1) is 0 Å². The highest BCUT2D eigenvalue weighted by atomic mass is 35.5. The molecule has 2 rings (SSSR count). The lowest BCUT2D eigenvalue weighted by Gasteiger charge is -2.32. The zero-order chi connectivity index (χ0) is 12.1. The lowest BCUT2D eigenvalue weighted by molar-refractivity contribution is 0.00332. The standard InChI is InChI=1S/C13H19ClN2O/c1-2-17-12-6-4-8-16(10-12)9-11-5-3-7-13(14)15-11/h3,5,7,12H,2,4,6,8-10H2,1H3. The average molecular weight is 255 g/mol. The van der Waals surface area contributed by atoms with Crippen molar-refractivity contribution < 1.29 is 4.74 Å². The second kappa shape index (κ2) is 6.34. The van der Waals surface area contributed by atoms with Crippen LogP contribution in [0.1, 0.15) is 25.5 Å². The van der Waals surface area contributed by atoms with E-state index in [9.17, 15) is 0 Å². The lowest BCUT2D eigenvalue weighted by atomic mass is 10.1. The molecule has 17 heavy (non-hydrogen) atoms. The van der Waals surface area contributed by atoms with Crippen LogP contribution in [0.4, 0.5) is 0 Å². The number of piperidine rings is 1. The Kier molecular flexibility index (Phi) is 4.77. The molecule has 0 saturated carbocycles. The molecule has 1 aliphatic rings. The van der Waals surface area contributed by atoms with Crippen molar-refractivity contribution in [2.45, 2.75) is 32.4 Å². The molecule has 1 aromatic heterocycles. The Balaban J connectivity index is 1.90. The second-order valence-corrected chi connectivity index (χ2v) is 4.79. The van der Waals surface area contributed by atoms with Crippen LogP contribution in [-0.4, -0.2) is 35.7 Å². The summed E-state index contributed by atoms with van der Waals surface area (Å²) in [5, 5.41) is 0.570. The molecule has 1 unspecified atom stereocenters. The molecule has 0 aromatic carbocycles. The van der Waals surface area contributed by atoms with Crippen molar-refractivity contribution >= 4 is 11.6 Å². The molecule has 0 N–H and O–H groups in total. The second-order valence-electron chi connectivity index (χ2n) is 4.41. The van der Waals surface area contributed by atoms with Gasteiger partial charge < -0.3 is 4.74 Å². The predicted molar refractivity (Wildman–Crippen MR) is 69.2 cm³/mol. The van der Waals surface area contributed by atoms with Crippen molar-refractivity contribution in [3.63, 3.8) is 0 Å². The summed E-state index contributed by atoms with van der Waals surface area (Å²) >= 11 is 5.89. The van der Waals surface area contributed by atoms with Gasteiger partial charge in [-0.25, -0.2) is 4.98 Å². The van der Waals surface area contributed by atoms with E-state index in [0.717, 1.165) is 31.9 Å². The van der Waals surface area contributed by atoms with Gasteiger partial charge in [-0.2, -0.15) is 0 Å². The van der Waals surface area contributed by atoms with E-state index in [0.29, 0.717) is 11.3 Å². The quantitative estimate of drug-likeness (QED) is 0.773. The zero-order valence-electron chi connectivity index (χ0n) is 10.2. The molecule has 1 saturated heterocycles. The van der Waals surface area contributed by atoms with Crippen LogP contribution in [0.15, 0.2) is 18.2 Å². The Morgan fingerprint density at radius 3 is 3.18 bits per heavy atom. The molecule has 2 heterocycles. The van der Waals surface area contributed by atoms with E-state index in [1.54, 1.807) is 0 Å². The molecule has 1 atom stereocenters. The van der Waals surface area contributed by atoms with Gasteiger partial charge in [0.15, 0.2) is 0 Å². The monoisotopic (exact) mass is 254 g/mol. The molecular weight excluding hydrogens is 236 g/mol. The van der Waals surface area contributed by atoms with E-state index < -0.39 is 0 Å². The molecule has 94 valence electrons. The maximum Gasteiger partial charge on any atom is 0.129 e. The van der Waals surface area contributed by atoms with Crippen molar-refractivity contribution in [3.8, 4) is 0 Å². The summed E-state index contributed by atoms with van der Waals surface area (Å²) < 4.78 is 5.69. The minimum atomic E-state index is 0.382. The van der Waals surface area contributed by atoms with Crippen LogP contribution < -0.4 is 0 Å². The molecule has 1 aromatic rings. The van der Waals surface area contributed by atoms with Crippen LogP contribution in [0.3, 0.4) is 0 Å². The van der Waals surface area contributed by atoms with Crippen molar-refractivity contribution in [3.05, 3.63) is 29.0 Å². The smallest absolute Gasteiger partial charge is 0.129 e. The summed E-state index contributed by atoms with van der Waals surface area (Å²) in [6, 6.07) is 5.79. The van der Waals surface area contributed by atoms with Crippen LogP contribution in [0.5, 0.6) is 0 Å². The normalized spacial score (nSPS) is 21.6. The average Bonchev–Trinajstić information content (AvgIpc) is 2.30. The third-order valence-corrected chi connectivity index (χ3v) is 3.23. The van der Waals surface area contributed by atoms with E-state index in [-0.39, 0.29) is 0 Å². The fourth-order valence-corrected chi connectivity index (χ4v) is 2.48. The topological polar surface area (TPSA) is 25.4 Å². The first-order valence-electron chi connectivity index (χ1n) is 6.23. The maximum absolute atomic E-state index is 5.89. The lowest BCUT2D eigenvalue weighted by Crippen LogP contribution is -2.39. The van der Waals surface area contributed by atoms with Gasteiger partial charge in [-0.05, 0) is 38.4 Å². The number of hydrogen-bond acceptors (Lipinski definition) is 3. The third-order valence-electron chi connectivity index (χ3n) is 3.02. The number of rotatable bonds is 4. The first-order valence-corrected chi connectivity index (χ1v) is 6.61. The van der Waals surface area contributed by atoms with Crippen molar-refractivity contribution in [1.29, 1.82) is 0 Å². The van der Waals surface area contributed by atoms with Gasteiger partial charge in [0.25, 0.3) is 0 Å². The van der Waals surface area contributed by atoms with E-state index in [1.807, 2.05) is 18.2 Å². The third kappa shape index (κ3) is 3.95. The predicted octanol–water partition coefficient (Wildman–Crippen LogP) is 2.74. The molecule has 0 spiro atoms. The van der Waals surface area contributed by atoms with E-state index in [2.05, 4.69) is 16.8 Å². The van der Waals surface area contributed by atoms with Crippen LogP contribution in [0.25, 0.3) is 0 Å². The van der Waals surface area contributed by atoms with E-state index >= 15 is 0 Å². The molecule has 1 aliphatic heterocycles. The molecular formula is C13H19ClN2O. The first kappa shape index (κ1) is 12.8. The fraction of sp³-hybridized carbons (Fsp3) is 0.615. The van der Waals surface area contributed by atoms with Gasteiger partial charge in [-0.1, -0.05) is 17.7 Å². The molecule has 4 heteroatoms. The highest BCUT2D eigenvalue weighted by molar-refractivity contribution is 6.29. The van der Waals surface area contributed by atoms with Crippen molar-refractivity contribution in [2.24, 2.45) is 0 Å². The Morgan fingerprint density at radius 1 is 1.53 bits per heavy atom.